The van der Waals surface area contributed by atoms with Crippen LogP contribution in [-0.2, 0) is 29.7 Å². The van der Waals surface area contributed by atoms with Crippen molar-refractivity contribution in [3.63, 3.8) is 0 Å². The second-order valence-corrected chi connectivity index (χ2v) is 8.03. The lowest BCUT2D eigenvalue weighted by Gasteiger charge is -2.23. The highest BCUT2D eigenvalue weighted by molar-refractivity contribution is 7.89. The van der Waals surface area contributed by atoms with E-state index in [2.05, 4.69) is 0 Å². The van der Waals surface area contributed by atoms with Crippen molar-refractivity contribution in [2.24, 2.45) is 5.73 Å². The molecule has 0 bridgehead atoms. The number of benzene rings is 3. The molecule has 3 rings (SSSR count). The van der Waals surface area contributed by atoms with Crippen molar-refractivity contribution in [2.45, 2.75) is 24.5 Å². The van der Waals surface area contributed by atoms with Gasteiger partial charge in [0.15, 0.2) is 0 Å². The van der Waals surface area contributed by atoms with Crippen LogP contribution in [0.2, 0.25) is 0 Å². The maximum atomic E-state index is 13.2. The molecule has 0 radical (unpaired) electrons. The highest BCUT2D eigenvalue weighted by Gasteiger charge is 2.24. The summed E-state index contributed by atoms with van der Waals surface area (Å²) >= 11 is 0. The van der Waals surface area contributed by atoms with Gasteiger partial charge in [0.25, 0.3) is 0 Å². The van der Waals surface area contributed by atoms with Gasteiger partial charge in [-0.1, -0.05) is 72.8 Å². The summed E-state index contributed by atoms with van der Waals surface area (Å²) < 4.78 is 28.0. The molecule has 0 aliphatic heterocycles. The van der Waals surface area contributed by atoms with E-state index in [4.69, 9.17) is 5.73 Å². The number of nitrogens with zero attached hydrogens (tertiary/aromatic N) is 1. The van der Waals surface area contributed by atoms with Gasteiger partial charge >= 0.3 is 0 Å². The van der Waals surface area contributed by atoms with Crippen LogP contribution in [0.4, 0.5) is 0 Å². The lowest BCUT2D eigenvalue weighted by atomic mass is 10.2. The van der Waals surface area contributed by atoms with E-state index in [1.165, 1.54) is 4.31 Å². The third-order valence-corrected chi connectivity index (χ3v) is 6.01. The van der Waals surface area contributed by atoms with E-state index in [0.717, 1.165) is 16.7 Å². The molecule has 3 aromatic carbocycles. The minimum Gasteiger partial charge on any atom is -0.326 e. The molecule has 0 saturated carbocycles. The molecular weight excluding hydrogens is 344 g/mol. The molecule has 0 spiro atoms. The average molecular weight is 366 g/mol. The molecular formula is C21H22N2O2S. The fraction of sp³-hybridized carbons (Fsp3) is 0.143. The van der Waals surface area contributed by atoms with Crippen LogP contribution in [0.25, 0.3) is 0 Å². The maximum Gasteiger partial charge on any atom is 0.243 e. The van der Waals surface area contributed by atoms with Crippen LogP contribution >= 0.6 is 0 Å². The topological polar surface area (TPSA) is 63.4 Å². The summed E-state index contributed by atoms with van der Waals surface area (Å²) in [7, 11) is -3.63. The Morgan fingerprint density at radius 2 is 1.12 bits per heavy atom. The number of hydrogen-bond acceptors (Lipinski definition) is 3. The Balaban J connectivity index is 1.94. The van der Waals surface area contributed by atoms with Gasteiger partial charge in [0.1, 0.15) is 0 Å². The predicted octanol–water partition coefficient (Wildman–Crippen LogP) is 3.54. The number of sulfonamides is 1. The third kappa shape index (κ3) is 4.38. The number of hydrogen-bond donors (Lipinski definition) is 1. The second kappa shape index (κ2) is 8.27. The molecule has 3 aromatic rings. The Hall–Kier alpha value is -2.47. The molecule has 0 saturated heterocycles. The molecule has 0 fully saturated rings. The molecule has 5 heteroatoms. The zero-order valence-electron chi connectivity index (χ0n) is 14.5. The van der Waals surface area contributed by atoms with Crippen molar-refractivity contribution < 1.29 is 8.42 Å². The van der Waals surface area contributed by atoms with Crippen molar-refractivity contribution in [3.8, 4) is 0 Å². The van der Waals surface area contributed by atoms with Crippen LogP contribution in [0.5, 0.6) is 0 Å². The fourth-order valence-corrected chi connectivity index (χ4v) is 4.16. The molecule has 0 heterocycles. The van der Waals surface area contributed by atoms with Crippen molar-refractivity contribution in [3.05, 3.63) is 102 Å². The van der Waals surface area contributed by atoms with Gasteiger partial charge in [-0.15, -0.1) is 0 Å². The smallest absolute Gasteiger partial charge is 0.243 e. The summed E-state index contributed by atoms with van der Waals surface area (Å²) in [6.07, 6.45) is 0. The summed E-state index contributed by atoms with van der Waals surface area (Å²) in [5.74, 6) is 0. The van der Waals surface area contributed by atoms with Gasteiger partial charge in [-0.3, -0.25) is 0 Å². The molecule has 134 valence electrons. The molecule has 0 amide bonds. The monoisotopic (exact) mass is 366 g/mol. The molecule has 0 unspecified atom stereocenters. The van der Waals surface area contributed by atoms with E-state index in [0.29, 0.717) is 19.6 Å². The Bertz CT molecular complexity index is 883. The first-order valence-corrected chi connectivity index (χ1v) is 9.90. The van der Waals surface area contributed by atoms with Gasteiger partial charge in [-0.2, -0.15) is 4.31 Å². The van der Waals surface area contributed by atoms with Crippen LogP contribution < -0.4 is 5.73 Å². The minimum absolute atomic E-state index is 0.279. The lowest BCUT2D eigenvalue weighted by Crippen LogP contribution is -2.30. The summed E-state index contributed by atoms with van der Waals surface area (Å²) in [6.45, 7) is 1.02. The summed E-state index contributed by atoms with van der Waals surface area (Å²) in [5.41, 5.74) is 8.42. The van der Waals surface area contributed by atoms with Gasteiger partial charge in [-0.25, -0.2) is 8.42 Å². The Morgan fingerprint density at radius 3 is 1.54 bits per heavy atom. The molecule has 26 heavy (non-hydrogen) atoms. The van der Waals surface area contributed by atoms with Crippen LogP contribution in [0.3, 0.4) is 0 Å². The molecule has 2 N–H and O–H groups in total. The molecule has 0 aliphatic rings. The minimum atomic E-state index is -3.63. The first kappa shape index (κ1) is 18.3. The van der Waals surface area contributed by atoms with Gasteiger partial charge in [0.2, 0.25) is 10.0 Å². The van der Waals surface area contributed by atoms with Crippen LogP contribution in [0.15, 0.2) is 89.8 Å². The van der Waals surface area contributed by atoms with Crippen molar-refractivity contribution >= 4 is 10.0 Å². The Morgan fingerprint density at radius 1 is 0.654 bits per heavy atom. The number of rotatable bonds is 7. The van der Waals surface area contributed by atoms with Gasteiger partial charge in [-0.05, 0) is 28.8 Å². The Kier molecular flexibility index (Phi) is 5.83. The van der Waals surface area contributed by atoms with Crippen molar-refractivity contribution in [1.29, 1.82) is 0 Å². The predicted molar refractivity (Wildman–Crippen MR) is 104 cm³/mol. The average Bonchev–Trinajstić information content (AvgIpc) is 2.69. The summed E-state index contributed by atoms with van der Waals surface area (Å²) in [6, 6.07) is 26.0. The third-order valence-electron chi connectivity index (χ3n) is 4.20. The van der Waals surface area contributed by atoms with E-state index in [1.807, 2.05) is 60.7 Å². The van der Waals surface area contributed by atoms with E-state index >= 15 is 0 Å². The van der Waals surface area contributed by atoms with Crippen molar-refractivity contribution in [1.82, 2.24) is 4.31 Å². The van der Waals surface area contributed by atoms with Crippen LogP contribution in [0, 0.1) is 0 Å². The molecule has 4 nitrogen and oxygen atoms in total. The first-order valence-electron chi connectivity index (χ1n) is 8.46. The van der Waals surface area contributed by atoms with E-state index in [1.54, 1.807) is 24.3 Å². The van der Waals surface area contributed by atoms with Crippen molar-refractivity contribution in [2.75, 3.05) is 0 Å². The highest BCUT2D eigenvalue weighted by Crippen LogP contribution is 2.21. The van der Waals surface area contributed by atoms with Crippen LogP contribution in [0.1, 0.15) is 16.7 Å². The second-order valence-electron chi connectivity index (χ2n) is 6.09. The summed E-state index contributed by atoms with van der Waals surface area (Å²) in [4.78, 5) is 0.279. The van der Waals surface area contributed by atoms with Crippen LogP contribution in [-0.4, -0.2) is 12.7 Å². The molecule has 0 atom stereocenters. The normalized spacial score (nSPS) is 11.6. The zero-order valence-corrected chi connectivity index (χ0v) is 15.3. The van der Waals surface area contributed by atoms with Gasteiger partial charge in [0, 0.05) is 19.6 Å². The molecule has 0 aromatic heterocycles. The SMILES string of the molecule is NCc1ccc(S(=O)(=O)N(Cc2ccccc2)Cc2ccccc2)cc1. The first-order chi connectivity index (χ1) is 12.6. The number of nitrogens with two attached hydrogens (primary N) is 1. The fourth-order valence-electron chi connectivity index (χ4n) is 2.75. The van der Waals surface area contributed by atoms with E-state index in [-0.39, 0.29) is 4.90 Å². The van der Waals surface area contributed by atoms with E-state index < -0.39 is 10.0 Å². The highest BCUT2D eigenvalue weighted by atomic mass is 32.2. The van der Waals surface area contributed by atoms with E-state index in [9.17, 15) is 8.42 Å². The lowest BCUT2D eigenvalue weighted by molar-refractivity contribution is 0.401. The standard InChI is InChI=1S/C21H22N2O2S/c22-15-18-11-13-21(14-12-18)26(24,25)23(16-19-7-3-1-4-8-19)17-20-9-5-2-6-10-20/h1-14H,15-17,22H2. The summed E-state index contributed by atoms with van der Waals surface area (Å²) in [5, 5.41) is 0. The Labute approximate surface area is 155 Å². The zero-order chi connectivity index (χ0) is 18.4. The van der Waals surface area contributed by atoms with Gasteiger partial charge in [0.05, 0.1) is 4.90 Å². The largest absolute Gasteiger partial charge is 0.326 e. The molecule has 0 aliphatic carbocycles. The van der Waals surface area contributed by atoms with Gasteiger partial charge < -0.3 is 5.73 Å². The maximum absolute atomic E-state index is 13.2. The quantitative estimate of drug-likeness (QED) is 0.696.